The topological polar surface area (TPSA) is 46.5 Å². The Bertz CT molecular complexity index is 161. The van der Waals surface area contributed by atoms with E-state index >= 15 is 0 Å². The smallest absolute Gasteiger partial charge is 0.161 e. The minimum Gasteiger partial charge on any atom is -0.368 e. The minimum atomic E-state index is -0.885. The van der Waals surface area contributed by atoms with Crippen LogP contribution < -0.4 is 0 Å². The molecule has 0 aliphatic carbocycles. The number of hydrogen-bond acceptors (Lipinski definition) is 3. The summed E-state index contributed by atoms with van der Waals surface area (Å²) in [7, 11) is 0. The van der Waals surface area contributed by atoms with Gasteiger partial charge in [0.25, 0.3) is 0 Å². The van der Waals surface area contributed by atoms with E-state index in [-0.39, 0.29) is 11.7 Å². The maximum absolute atomic E-state index is 11.0. The number of aliphatic hydroxyl groups is 1. The van der Waals surface area contributed by atoms with Crippen LogP contribution in [-0.4, -0.2) is 22.8 Å². The summed E-state index contributed by atoms with van der Waals surface area (Å²) in [6.07, 6.45) is -0.871. The van der Waals surface area contributed by atoms with Crippen molar-refractivity contribution < 1.29 is 14.6 Å². The van der Waals surface area contributed by atoms with Gasteiger partial charge in [0.05, 0.1) is 0 Å². The van der Waals surface area contributed by atoms with Crippen molar-refractivity contribution in [1.82, 2.24) is 0 Å². The lowest BCUT2D eigenvalue weighted by molar-refractivity contribution is -0.195. The van der Waals surface area contributed by atoms with E-state index in [4.69, 9.17) is 4.74 Å². The van der Waals surface area contributed by atoms with Crippen LogP contribution in [0.1, 0.15) is 34.6 Å². The fourth-order valence-corrected chi connectivity index (χ4v) is 0.521. The molecular formula is C9H18O3. The van der Waals surface area contributed by atoms with Crippen LogP contribution in [0.2, 0.25) is 0 Å². The molecular weight excluding hydrogens is 156 g/mol. The first-order valence-corrected chi connectivity index (χ1v) is 4.14. The summed E-state index contributed by atoms with van der Waals surface area (Å²) in [5.74, 6) is -0.0779. The van der Waals surface area contributed by atoms with E-state index in [1.165, 1.54) is 6.92 Å². The van der Waals surface area contributed by atoms with Crippen molar-refractivity contribution >= 4 is 5.78 Å². The van der Waals surface area contributed by atoms with Crippen LogP contribution in [0.4, 0.5) is 0 Å². The number of aliphatic hydroxyl groups excluding tert-OH is 1. The molecule has 1 unspecified atom stereocenters. The molecule has 0 spiro atoms. The number of ether oxygens (including phenoxy) is 1. The van der Waals surface area contributed by atoms with E-state index in [0.29, 0.717) is 0 Å². The number of rotatable bonds is 4. The molecule has 0 aliphatic rings. The molecule has 0 saturated carbocycles. The highest BCUT2D eigenvalue weighted by Crippen LogP contribution is 2.16. The number of Topliss-reactive ketones (excluding diaryl/α,β-unsaturated/α-hetero) is 1. The molecule has 0 aromatic carbocycles. The molecule has 3 heteroatoms. The first-order chi connectivity index (χ1) is 5.27. The SMILES string of the molecule is CC(=O)C(C)(C)OC(O)C(C)C. The molecule has 0 heterocycles. The van der Waals surface area contributed by atoms with Gasteiger partial charge in [-0.3, -0.25) is 4.79 Å². The van der Waals surface area contributed by atoms with Gasteiger partial charge in [-0.05, 0) is 20.8 Å². The molecule has 12 heavy (non-hydrogen) atoms. The summed E-state index contributed by atoms with van der Waals surface area (Å²) in [4.78, 5) is 11.0. The highest BCUT2D eigenvalue weighted by atomic mass is 16.6. The first-order valence-electron chi connectivity index (χ1n) is 4.14. The van der Waals surface area contributed by atoms with Gasteiger partial charge in [-0.25, -0.2) is 0 Å². The molecule has 0 fully saturated rings. The Morgan fingerprint density at radius 3 is 2.08 bits per heavy atom. The van der Waals surface area contributed by atoms with Crippen molar-refractivity contribution in [2.75, 3.05) is 0 Å². The summed E-state index contributed by atoms with van der Waals surface area (Å²) in [6, 6.07) is 0. The second-order valence-corrected chi connectivity index (χ2v) is 3.82. The Morgan fingerprint density at radius 2 is 1.83 bits per heavy atom. The summed E-state index contributed by atoms with van der Waals surface area (Å²) < 4.78 is 5.17. The zero-order valence-electron chi connectivity index (χ0n) is 8.42. The number of ketones is 1. The summed E-state index contributed by atoms with van der Waals surface area (Å²) in [5.41, 5.74) is -0.885. The maximum Gasteiger partial charge on any atom is 0.161 e. The molecule has 0 saturated heterocycles. The fraction of sp³-hybridized carbons (Fsp3) is 0.889. The molecule has 0 amide bonds. The zero-order chi connectivity index (χ0) is 9.94. The Morgan fingerprint density at radius 1 is 1.42 bits per heavy atom. The molecule has 0 rings (SSSR count). The van der Waals surface area contributed by atoms with Crippen molar-refractivity contribution in [3.05, 3.63) is 0 Å². The van der Waals surface area contributed by atoms with Crippen LogP contribution in [0, 0.1) is 5.92 Å². The Labute approximate surface area is 73.7 Å². The third-order valence-corrected chi connectivity index (χ3v) is 1.83. The normalized spacial score (nSPS) is 14.9. The summed E-state index contributed by atoms with van der Waals surface area (Å²) in [6.45, 7) is 8.43. The van der Waals surface area contributed by atoms with Gasteiger partial charge in [0.2, 0.25) is 0 Å². The highest BCUT2D eigenvalue weighted by molar-refractivity contribution is 5.83. The number of hydrogen-bond donors (Lipinski definition) is 1. The molecule has 0 aromatic rings. The lowest BCUT2D eigenvalue weighted by atomic mass is 10.0. The second kappa shape index (κ2) is 4.01. The van der Waals surface area contributed by atoms with Gasteiger partial charge >= 0.3 is 0 Å². The van der Waals surface area contributed by atoms with Crippen LogP contribution in [0.3, 0.4) is 0 Å². The van der Waals surface area contributed by atoms with Crippen molar-refractivity contribution in [3.8, 4) is 0 Å². The van der Waals surface area contributed by atoms with Crippen LogP contribution >= 0.6 is 0 Å². The molecule has 0 bridgehead atoms. The molecule has 0 radical (unpaired) electrons. The predicted molar refractivity (Wildman–Crippen MR) is 46.7 cm³/mol. The Hall–Kier alpha value is -0.410. The van der Waals surface area contributed by atoms with E-state index in [0.717, 1.165) is 0 Å². The minimum absolute atomic E-state index is 0.00336. The van der Waals surface area contributed by atoms with E-state index < -0.39 is 11.9 Å². The van der Waals surface area contributed by atoms with Crippen molar-refractivity contribution in [1.29, 1.82) is 0 Å². The van der Waals surface area contributed by atoms with Gasteiger partial charge in [0.15, 0.2) is 12.1 Å². The van der Waals surface area contributed by atoms with Crippen LogP contribution in [0.15, 0.2) is 0 Å². The fourth-order valence-electron chi connectivity index (χ4n) is 0.521. The van der Waals surface area contributed by atoms with Gasteiger partial charge < -0.3 is 9.84 Å². The Kier molecular flexibility index (Phi) is 3.87. The highest BCUT2D eigenvalue weighted by Gasteiger charge is 2.28. The average Bonchev–Trinajstić information content (AvgIpc) is 1.85. The molecule has 72 valence electrons. The molecule has 0 aromatic heterocycles. The largest absolute Gasteiger partial charge is 0.368 e. The lowest BCUT2D eigenvalue weighted by Crippen LogP contribution is -2.39. The van der Waals surface area contributed by atoms with Gasteiger partial charge in [-0.2, -0.15) is 0 Å². The van der Waals surface area contributed by atoms with Crippen LogP contribution in [-0.2, 0) is 9.53 Å². The van der Waals surface area contributed by atoms with Gasteiger partial charge in [0, 0.05) is 5.92 Å². The summed E-state index contributed by atoms with van der Waals surface area (Å²) in [5, 5.41) is 9.34. The monoisotopic (exact) mass is 174 g/mol. The van der Waals surface area contributed by atoms with Crippen molar-refractivity contribution in [2.45, 2.75) is 46.5 Å². The molecule has 0 aliphatic heterocycles. The van der Waals surface area contributed by atoms with E-state index in [1.807, 2.05) is 13.8 Å². The van der Waals surface area contributed by atoms with Crippen molar-refractivity contribution in [2.24, 2.45) is 5.92 Å². The van der Waals surface area contributed by atoms with Gasteiger partial charge in [0.1, 0.15) is 5.60 Å². The van der Waals surface area contributed by atoms with Gasteiger partial charge in [-0.1, -0.05) is 13.8 Å². The lowest BCUT2D eigenvalue weighted by Gasteiger charge is -2.27. The zero-order valence-corrected chi connectivity index (χ0v) is 8.42. The van der Waals surface area contributed by atoms with Crippen molar-refractivity contribution in [3.63, 3.8) is 0 Å². The summed E-state index contributed by atoms with van der Waals surface area (Å²) >= 11 is 0. The third kappa shape index (κ3) is 3.32. The second-order valence-electron chi connectivity index (χ2n) is 3.82. The van der Waals surface area contributed by atoms with Crippen LogP contribution in [0.5, 0.6) is 0 Å². The average molecular weight is 174 g/mol. The van der Waals surface area contributed by atoms with E-state index in [2.05, 4.69) is 0 Å². The molecule has 3 nitrogen and oxygen atoms in total. The number of carbonyl (C=O) groups excluding carboxylic acids is 1. The third-order valence-electron chi connectivity index (χ3n) is 1.83. The molecule has 1 N–H and O–H groups in total. The maximum atomic E-state index is 11.0. The quantitative estimate of drug-likeness (QED) is 0.654. The van der Waals surface area contributed by atoms with E-state index in [9.17, 15) is 9.90 Å². The molecule has 1 atom stereocenters. The standard InChI is InChI=1S/C9H18O3/c1-6(2)8(11)12-9(4,5)7(3)10/h6,8,11H,1-5H3. The van der Waals surface area contributed by atoms with E-state index in [1.54, 1.807) is 13.8 Å². The first kappa shape index (κ1) is 11.6. The van der Waals surface area contributed by atoms with Gasteiger partial charge in [-0.15, -0.1) is 0 Å². The Balaban J connectivity index is 4.15. The number of carbonyl (C=O) groups is 1. The van der Waals surface area contributed by atoms with Crippen LogP contribution in [0.25, 0.3) is 0 Å². The predicted octanol–water partition coefficient (Wildman–Crippen LogP) is 1.34.